The fraction of sp³-hybridized carbons (Fsp3) is 0.545. The van der Waals surface area contributed by atoms with Crippen molar-refractivity contribution in [2.24, 2.45) is 4.99 Å². The van der Waals surface area contributed by atoms with Crippen LogP contribution in [0.1, 0.15) is 59.9 Å². The predicted octanol–water partition coefficient (Wildman–Crippen LogP) is 4.17. The van der Waals surface area contributed by atoms with E-state index in [9.17, 15) is 19.5 Å². The molecule has 1 aromatic carbocycles. The van der Waals surface area contributed by atoms with Crippen molar-refractivity contribution >= 4 is 29.4 Å². The molecule has 1 aromatic rings. The Bertz CT molecular complexity index is 803. The highest BCUT2D eigenvalue weighted by molar-refractivity contribution is 6.37. The highest BCUT2D eigenvalue weighted by Crippen LogP contribution is 2.20. The Balaban J connectivity index is 3.04. The summed E-state index contributed by atoms with van der Waals surface area (Å²) in [6.45, 7) is 12.1. The van der Waals surface area contributed by atoms with Gasteiger partial charge in [0.2, 0.25) is 0 Å². The second-order valence-corrected chi connectivity index (χ2v) is 8.92. The van der Waals surface area contributed by atoms with Gasteiger partial charge in [-0.05, 0) is 72.9 Å². The zero-order chi connectivity index (χ0) is 23.1. The lowest BCUT2D eigenvalue weighted by molar-refractivity contribution is -0.146. The van der Waals surface area contributed by atoms with Gasteiger partial charge < -0.3 is 19.9 Å². The maximum atomic E-state index is 12.7. The number of hydrogen-bond acceptors (Lipinski definition) is 6. The van der Waals surface area contributed by atoms with E-state index in [1.807, 2.05) is 19.1 Å². The topological polar surface area (TPSA) is 114 Å². The monoisotopic (exact) mass is 420 g/mol. The Morgan fingerprint density at radius 1 is 1.03 bits per heavy atom. The van der Waals surface area contributed by atoms with Crippen molar-refractivity contribution in [3.05, 3.63) is 29.8 Å². The molecule has 8 heteroatoms. The lowest BCUT2D eigenvalue weighted by Gasteiger charge is -2.22. The van der Waals surface area contributed by atoms with Crippen LogP contribution in [0.2, 0.25) is 0 Å². The molecule has 1 atom stereocenters. The Morgan fingerprint density at radius 3 is 2.10 bits per heavy atom. The second-order valence-electron chi connectivity index (χ2n) is 8.92. The first-order valence-corrected chi connectivity index (χ1v) is 9.77. The minimum absolute atomic E-state index is 0.00396. The van der Waals surface area contributed by atoms with Gasteiger partial charge in [-0.15, -0.1) is 0 Å². The number of aliphatic imine (C=N–C) groups is 1. The van der Waals surface area contributed by atoms with Crippen LogP contribution in [-0.4, -0.2) is 46.1 Å². The molecule has 2 N–H and O–H groups in total. The third-order valence-corrected chi connectivity index (χ3v) is 3.66. The summed E-state index contributed by atoms with van der Waals surface area (Å²) in [7, 11) is 0. The minimum atomic E-state index is -1.25. The van der Waals surface area contributed by atoms with Gasteiger partial charge in [0.05, 0.1) is 5.69 Å². The average molecular weight is 421 g/mol. The number of carbonyl (C=O) groups excluding carboxylic acids is 2. The third kappa shape index (κ3) is 9.54. The number of nitrogens with one attached hydrogen (secondary N) is 1. The molecule has 0 aliphatic carbocycles. The Hall–Kier alpha value is -2.90. The van der Waals surface area contributed by atoms with E-state index in [1.54, 1.807) is 53.7 Å². The number of carboxylic acid groups (broad SMARTS) is 1. The molecule has 0 aliphatic heterocycles. The zero-order valence-electron chi connectivity index (χ0n) is 18.7. The number of amides is 1. The number of ether oxygens (including phenoxy) is 2. The molecule has 0 saturated heterocycles. The lowest BCUT2D eigenvalue weighted by atomic mass is 10.1. The molecule has 0 aliphatic rings. The Kier molecular flexibility index (Phi) is 8.57. The van der Waals surface area contributed by atoms with Crippen molar-refractivity contribution in [2.75, 3.05) is 0 Å². The SMILES string of the molecule is Cc1ccccc1N=C(CCC(NC(=O)OC(C)(C)C)C(=O)O)C(=O)OC(C)(C)C. The molecular formula is C22H32N2O6. The summed E-state index contributed by atoms with van der Waals surface area (Å²) in [6, 6.07) is 6.02. The van der Waals surface area contributed by atoms with E-state index in [0.29, 0.717) is 5.69 Å². The van der Waals surface area contributed by atoms with Crippen molar-refractivity contribution in [1.29, 1.82) is 0 Å². The first-order chi connectivity index (χ1) is 13.7. The fourth-order valence-electron chi connectivity index (χ4n) is 2.36. The lowest BCUT2D eigenvalue weighted by Crippen LogP contribution is -2.44. The number of nitrogens with zero attached hydrogens (tertiary/aromatic N) is 1. The molecule has 0 spiro atoms. The number of aliphatic carboxylic acids is 1. The minimum Gasteiger partial charge on any atom is -0.480 e. The summed E-state index contributed by atoms with van der Waals surface area (Å²) in [5.74, 6) is -1.87. The first-order valence-electron chi connectivity index (χ1n) is 9.77. The number of hydrogen-bond donors (Lipinski definition) is 2. The molecule has 0 aromatic heterocycles. The molecule has 30 heavy (non-hydrogen) atoms. The maximum Gasteiger partial charge on any atom is 0.408 e. The first kappa shape index (κ1) is 25.1. The fourth-order valence-corrected chi connectivity index (χ4v) is 2.36. The number of esters is 1. The summed E-state index contributed by atoms with van der Waals surface area (Å²) in [5.41, 5.74) is 0.0353. The smallest absolute Gasteiger partial charge is 0.408 e. The zero-order valence-corrected chi connectivity index (χ0v) is 18.7. The van der Waals surface area contributed by atoms with Gasteiger partial charge in [-0.1, -0.05) is 18.2 Å². The van der Waals surface area contributed by atoms with E-state index >= 15 is 0 Å². The van der Waals surface area contributed by atoms with Crippen LogP contribution in [0.5, 0.6) is 0 Å². The highest BCUT2D eigenvalue weighted by atomic mass is 16.6. The number of carbonyl (C=O) groups is 3. The normalized spacial score (nSPS) is 13.4. The van der Waals surface area contributed by atoms with Crippen LogP contribution in [-0.2, 0) is 19.1 Å². The summed E-state index contributed by atoms with van der Waals surface area (Å²) >= 11 is 0. The highest BCUT2D eigenvalue weighted by Gasteiger charge is 2.27. The van der Waals surface area contributed by atoms with Gasteiger partial charge in [0.1, 0.15) is 23.0 Å². The van der Waals surface area contributed by atoms with E-state index in [4.69, 9.17) is 9.47 Å². The van der Waals surface area contributed by atoms with E-state index in [0.717, 1.165) is 5.56 Å². The van der Waals surface area contributed by atoms with Crippen LogP contribution < -0.4 is 5.32 Å². The number of para-hydroxylation sites is 1. The van der Waals surface area contributed by atoms with Gasteiger partial charge in [-0.2, -0.15) is 0 Å². The number of benzene rings is 1. The molecule has 1 rings (SSSR count). The molecule has 0 heterocycles. The molecule has 1 amide bonds. The summed E-state index contributed by atoms with van der Waals surface area (Å²) in [4.78, 5) is 40.6. The Morgan fingerprint density at radius 2 is 1.60 bits per heavy atom. The Labute approximate surface area is 177 Å². The van der Waals surface area contributed by atoms with Gasteiger partial charge in [0.15, 0.2) is 0 Å². The van der Waals surface area contributed by atoms with Crippen LogP contribution in [0.3, 0.4) is 0 Å². The maximum absolute atomic E-state index is 12.7. The van der Waals surface area contributed by atoms with Crippen molar-refractivity contribution in [1.82, 2.24) is 5.32 Å². The number of alkyl carbamates (subject to hydrolysis) is 1. The van der Waals surface area contributed by atoms with Crippen molar-refractivity contribution in [3.63, 3.8) is 0 Å². The van der Waals surface area contributed by atoms with Crippen LogP contribution in [0, 0.1) is 6.92 Å². The van der Waals surface area contributed by atoms with Crippen LogP contribution in [0.4, 0.5) is 10.5 Å². The molecule has 0 bridgehead atoms. The molecular weight excluding hydrogens is 388 g/mol. The van der Waals surface area contributed by atoms with Crippen molar-refractivity contribution < 1.29 is 29.0 Å². The van der Waals surface area contributed by atoms with Gasteiger partial charge >= 0.3 is 18.0 Å². The van der Waals surface area contributed by atoms with Gasteiger partial charge in [-0.3, -0.25) is 0 Å². The molecule has 0 radical (unpaired) electrons. The van der Waals surface area contributed by atoms with E-state index in [1.165, 1.54) is 0 Å². The number of carboxylic acids is 1. The standard InChI is InChI=1S/C22H32N2O6/c1-14-10-8-9-11-15(14)23-17(19(27)29-21(2,3)4)13-12-16(18(25)26)24-20(28)30-22(5,6)7/h8-11,16H,12-13H2,1-7H3,(H,24,28)(H,25,26). The van der Waals surface area contributed by atoms with E-state index in [-0.39, 0.29) is 18.6 Å². The number of rotatable bonds is 7. The van der Waals surface area contributed by atoms with E-state index in [2.05, 4.69) is 10.3 Å². The molecule has 1 unspecified atom stereocenters. The van der Waals surface area contributed by atoms with E-state index < -0.39 is 35.3 Å². The number of aryl methyl sites for hydroxylation is 1. The van der Waals surface area contributed by atoms with Crippen molar-refractivity contribution in [3.8, 4) is 0 Å². The predicted molar refractivity (Wildman–Crippen MR) is 114 cm³/mol. The summed E-state index contributed by atoms with van der Waals surface area (Å²) in [5, 5.41) is 11.8. The van der Waals surface area contributed by atoms with Gasteiger partial charge in [0.25, 0.3) is 0 Å². The summed E-state index contributed by atoms with van der Waals surface area (Å²) < 4.78 is 10.5. The van der Waals surface area contributed by atoms with Crippen molar-refractivity contribution in [2.45, 2.75) is 78.6 Å². The third-order valence-electron chi connectivity index (χ3n) is 3.66. The molecule has 0 saturated carbocycles. The van der Waals surface area contributed by atoms with Crippen LogP contribution in [0.15, 0.2) is 29.3 Å². The summed E-state index contributed by atoms with van der Waals surface area (Å²) in [6.07, 6.45) is -0.904. The quantitative estimate of drug-likeness (QED) is 0.505. The second kappa shape index (κ2) is 10.2. The van der Waals surface area contributed by atoms with Gasteiger partial charge in [0, 0.05) is 0 Å². The van der Waals surface area contributed by atoms with Crippen LogP contribution >= 0.6 is 0 Å². The molecule has 8 nitrogen and oxygen atoms in total. The van der Waals surface area contributed by atoms with Gasteiger partial charge in [-0.25, -0.2) is 19.4 Å². The molecule has 166 valence electrons. The van der Waals surface area contributed by atoms with Crippen LogP contribution in [0.25, 0.3) is 0 Å². The average Bonchev–Trinajstić information content (AvgIpc) is 2.55. The molecule has 0 fully saturated rings. The largest absolute Gasteiger partial charge is 0.480 e.